The molecule has 0 aromatic heterocycles. The molecule has 0 bridgehead atoms. The van der Waals surface area contributed by atoms with Gasteiger partial charge in [0.1, 0.15) is 0 Å². The molecule has 2 fully saturated rings. The van der Waals surface area contributed by atoms with Crippen molar-refractivity contribution < 1.29 is 9.59 Å². The van der Waals surface area contributed by atoms with E-state index in [1.807, 2.05) is 22.8 Å². The Kier molecular flexibility index (Phi) is 5.01. The first-order valence-electron chi connectivity index (χ1n) is 9.96. The van der Waals surface area contributed by atoms with Gasteiger partial charge < -0.3 is 15.1 Å². The van der Waals surface area contributed by atoms with Crippen LogP contribution in [0.25, 0.3) is 10.8 Å². The van der Waals surface area contributed by atoms with Crippen molar-refractivity contribution in [3.63, 3.8) is 0 Å². The highest BCUT2D eigenvalue weighted by Gasteiger charge is 2.32. The molecular formula is C22H27N3O2. The fraction of sp³-hybridized carbons (Fsp3) is 0.455. The molecule has 2 aromatic rings. The molecular weight excluding hydrogens is 338 g/mol. The Hall–Kier alpha value is -2.56. The fourth-order valence-electron chi connectivity index (χ4n) is 4.44. The number of nitrogens with one attached hydrogen (secondary N) is 1. The monoisotopic (exact) mass is 365 g/mol. The van der Waals surface area contributed by atoms with Crippen LogP contribution in [0.5, 0.6) is 0 Å². The van der Waals surface area contributed by atoms with Crippen LogP contribution >= 0.6 is 0 Å². The number of rotatable bonds is 4. The number of amides is 3. The molecule has 1 N–H and O–H groups in total. The predicted molar refractivity (Wildman–Crippen MR) is 106 cm³/mol. The number of carbonyl (C=O) groups excluding carboxylic acids is 2. The minimum Gasteiger partial charge on any atom is -0.341 e. The van der Waals surface area contributed by atoms with Gasteiger partial charge in [0.2, 0.25) is 5.91 Å². The van der Waals surface area contributed by atoms with E-state index < -0.39 is 0 Å². The third kappa shape index (κ3) is 3.64. The Morgan fingerprint density at radius 3 is 2.78 bits per heavy atom. The van der Waals surface area contributed by atoms with E-state index in [0.29, 0.717) is 13.0 Å². The quantitative estimate of drug-likeness (QED) is 0.898. The largest absolute Gasteiger partial charge is 0.341 e. The minimum atomic E-state index is -0.0479. The molecule has 5 nitrogen and oxygen atoms in total. The number of urea groups is 1. The second-order valence-electron chi connectivity index (χ2n) is 7.71. The van der Waals surface area contributed by atoms with Gasteiger partial charge in [-0.3, -0.25) is 4.79 Å². The van der Waals surface area contributed by atoms with Crippen LogP contribution in [0.2, 0.25) is 0 Å². The third-order valence-electron chi connectivity index (χ3n) is 5.73. The van der Waals surface area contributed by atoms with Crippen molar-refractivity contribution in [3.8, 4) is 0 Å². The molecule has 0 radical (unpaired) electrons. The normalized spacial score (nSPS) is 21.1. The van der Waals surface area contributed by atoms with Crippen LogP contribution in [0, 0.1) is 0 Å². The maximum Gasteiger partial charge on any atom is 0.318 e. The number of nitrogens with zero attached hydrogens (tertiary/aromatic N) is 2. The van der Waals surface area contributed by atoms with Crippen LogP contribution < -0.4 is 5.32 Å². The zero-order valence-corrected chi connectivity index (χ0v) is 15.9. The Bertz CT molecular complexity index is 845. The van der Waals surface area contributed by atoms with Crippen LogP contribution in [0.4, 0.5) is 4.79 Å². The van der Waals surface area contributed by atoms with E-state index in [1.165, 1.54) is 16.3 Å². The van der Waals surface area contributed by atoms with Crippen LogP contribution in [0.15, 0.2) is 42.5 Å². The van der Waals surface area contributed by atoms with Crippen molar-refractivity contribution in [2.45, 2.75) is 44.7 Å². The summed E-state index contributed by atoms with van der Waals surface area (Å²) in [7, 11) is 0. The van der Waals surface area contributed by atoms with Crippen molar-refractivity contribution >= 4 is 22.7 Å². The summed E-state index contributed by atoms with van der Waals surface area (Å²) in [6.45, 7) is 4.15. The maximum absolute atomic E-state index is 12.9. The molecule has 2 atom stereocenters. The van der Waals surface area contributed by atoms with Gasteiger partial charge in [0.25, 0.3) is 0 Å². The Morgan fingerprint density at radius 2 is 1.96 bits per heavy atom. The summed E-state index contributed by atoms with van der Waals surface area (Å²) in [4.78, 5) is 28.6. The summed E-state index contributed by atoms with van der Waals surface area (Å²) in [6.07, 6.45) is 3.56. The zero-order valence-electron chi connectivity index (χ0n) is 15.9. The maximum atomic E-state index is 12.9. The van der Waals surface area contributed by atoms with E-state index in [4.69, 9.17) is 0 Å². The van der Waals surface area contributed by atoms with Gasteiger partial charge in [-0.25, -0.2) is 4.79 Å². The lowest BCUT2D eigenvalue weighted by atomic mass is 9.97. The summed E-state index contributed by atoms with van der Waals surface area (Å²) in [5, 5.41) is 5.54. The Morgan fingerprint density at radius 1 is 1.15 bits per heavy atom. The highest BCUT2D eigenvalue weighted by Crippen LogP contribution is 2.35. The van der Waals surface area contributed by atoms with Crippen molar-refractivity contribution in [3.05, 3.63) is 48.0 Å². The van der Waals surface area contributed by atoms with E-state index >= 15 is 0 Å². The Labute approximate surface area is 160 Å². The number of likely N-dealkylation sites (tertiary alicyclic amines) is 2. The van der Waals surface area contributed by atoms with Gasteiger partial charge >= 0.3 is 6.03 Å². The lowest BCUT2D eigenvalue weighted by Gasteiger charge is -2.29. The molecule has 0 unspecified atom stereocenters. The van der Waals surface area contributed by atoms with Crippen LogP contribution in [0.3, 0.4) is 0 Å². The lowest BCUT2D eigenvalue weighted by molar-refractivity contribution is -0.127. The molecule has 0 aliphatic carbocycles. The second kappa shape index (κ2) is 7.59. The number of benzene rings is 2. The van der Waals surface area contributed by atoms with Gasteiger partial charge in [-0.15, -0.1) is 0 Å². The van der Waals surface area contributed by atoms with E-state index in [2.05, 4.69) is 41.7 Å². The molecule has 2 aliphatic heterocycles. The molecule has 0 saturated carbocycles. The van der Waals surface area contributed by atoms with E-state index in [0.717, 1.165) is 32.4 Å². The van der Waals surface area contributed by atoms with Gasteiger partial charge in [0.05, 0.1) is 6.04 Å². The van der Waals surface area contributed by atoms with E-state index in [1.54, 1.807) is 0 Å². The first kappa shape index (κ1) is 17.8. The molecule has 2 heterocycles. The molecule has 142 valence electrons. The van der Waals surface area contributed by atoms with Crippen molar-refractivity contribution in [2.24, 2.45) is 0 Å². The van der Waals surface area contributed by atoms with Crippen molar-refractivity contribution in [1.82, 2.24) is 15.1 Å². The van der Waals surface area contributed by atoms with Crippen LogP contribution in [-0.2, 0) is 4.79 Å². The average Bonchev–Trinajstić information content (AvgIpc) is 3.31. The molecule has 3 amide bonds. The molecule has 2 aliphatic rings. The summed E-state index contributed by atoms with van der Waals surface area (Å²) >= 11 is 0. The SMILES string of the molecule is C[C@H](CN1CCCC1=O)NC(=O)N1CCC[C@H]1c1cccc2ccccc12. The van der Waals surface area contributed by atoms with Crippen molar-refractivity contribution in [2.75, 3.05) is 19.6 Å². The fourth-order valence-corrected chi connectivity index (χ4v) is 4.44. The smallest absolute Gasteiger partial charge is 0.318 e. The first-order chi connectivity index (χ1) is 13.1. The standard InChI is InChI=1S/C22H27N3O2/c1-16(15-24-13-6-12-21(24)26)23-22(27)25-14-5-11-20(25)19-10-4-8-17-7-2-3-9-18(17)19/h2-4,7-10,16,20H,5-6,11-15H2,1H3,(H,23,27)/t16-,20+/m1/s1. The van der Waals surface area contributed by atoms with E-state index in [9.17, 15) is 9.59 Å². The molecule has 5 heteroatoms. The van der Waals surface area contributed by atoms with E-state index in [-0.39, 0.29) is 24.0 Å². The average molecular weight is 365 g/mol. The molecule has 4 rings (SSSR count). The van der Waals surface area contributed by atoms with Gasteiger partial charge in [-0.2, -0.15) is 0 Å². The van der Waals surface area contributed by atoms with Gasteiger partial charge in [0.15, 0.2) is 0 Å². The van der Waals surface area contributed by atoms with Gasteiger partial charge in [0, 0.05) is 32.1 Å². The third-order valence-corrected chi connectivity index (χ3v) is 5.73. The number of fused-ring (bicyclic) bond motifs is 1. The van der Waals surface area contributed by atoms with Crippen LogP contribution in [0.1, 0.15) is 44.2 Å². The highest BCUT2D eigenvalue weighted by molar-refractivity contribution is 5.87. The minimum absolute atomic E-state index is 0.0235. The van der Waals surface area contributed by atoms with Gasteiger partial charge in [-0.1, -0.05) is 42.5 Å². The highest BCUT2D eigenvalue weighted by atomic mass is 16.2. The predicted octanol–water partition coefficient (Wildman–Crippen LogP) is 3.70. The molecule has 2 saturated heterocycles. The summed E-state index contributed by atoms with van der Waals surface area (Å²) in [5.41, 5.74) is 1.23. The first-order valence-corrected chi connectivity index (χ1v) is 9.96. The Balaban J connectivity index is 1.47. The summed E-state index contributed by atoms with van der Waals surface area (Å²) in [6, 6.07) is 14.7. The van der Waals surface area contributed by atoms with Crippen LogP contribution in [-0.4, -0.2) is 47.4 Å². The summed E-state index contributed by atoms with van der Waals surface area (Å²) < 4.78 is 0. The molecule has 0 spiro atoms. The zero-order chi connectivity index (χ0) is 18.8. The second-order valence-corrected chi connectivity index (χ2v) is 7.71. The molecule has 2 aromatic carbocycles. The topological polar surface area (TPSA) is 52.7 Å². The summed E-state index contributed by atoms with van der Waals surface area (Å²) in [5.74, 6) is 0.200. The molecule has 27 heavy (non-hydrogen) atoms. The van der Waals surface area contributed by atoms with Gasteiger partial charge in [-0.05, 0) is 42.5 Å². The number of hydrogen-bond donors (Lipinski definition) is 1. The van der Waals surface area contributed by atoms with Crippen molar-refractivity contribution in [1.29, 1.82) is 0 Å². The number of carbonyl (C=O) groups is 2. The lowest BCUT2D eigenvalue weighted by Crippen LogP contribution is -2.47. The number of hydrogen-bond acceptors (Lipinski definition) is 2.